The number of nitrogens with one attached hydrogen (secondary N) is 3. The number of carbonyl (C=O) groups is 2. The molecule has 1 aromatic heterocycles. The van der Waals surface area contributed by atoms with E-state index in [1.165, 1.54) is 12.1 Å². The molecule has 36 heavy (non-hydrogen) atoms. The third-order valence-electron chi connectivity index (χ3n) is 5.20. The lowest BCUT2D eigenvalue weighted by atomic mass is 10.1. The third kappa shape index (κ3) is 5.93. The number of benzene rings is 3. The van der Waals surface area contributed by atoms with E-state index in [1.807, 2.05) is 50.2 Å². The topological polar surface area (TPSA) is 130 Å². The standard InChI is InChI=1S/C25H23N5O4S2/c1-16-9-8-12-19(15-16)22(31)27-24-28-29-25(35-24)36(33,34)30-21-14-7-6-13-20(21)23(32)26-17(2)18-10-4-3-5-11-18/h3-15,17,30H,1-2H3,(H,26,32)(H,27,28,31). The van der Waals surface area contributed by atoms with E-state index in [9.17, 15) is 18.0 Å². The van der Waals surface area contributed by atoms with Gasteiger partial charge in [-0.3, -0.25) is 19.6 Å². The van der Waals surface area contributed by atoms with E-state index in [4.69, 9.17) is 0 Å². The molecule has 1 unspecified atom stereocenters. The predicted molar refractivity (Wildman–Crippen MR) is 139 cm³/mol. The van der Waals surface area contributed by atoms with Gasteiger partial charge in [-0.15, -0.1) is 10.2 Å². The predicted octanol–water partition coefficient (Wildman–Crippen LogP) is 4.39. The first kappa shape index (κ1) is 25.0. The second kappa shape index (κ2) is 10.7. The molecule has 0 aliphatic carbocycles. The largest absolute Gasteiger partial charge is 0.345 e. The second-order valence-electron chi connectivity index (χ2n) is 7.95. The number of sulfonamides is 1. The van der Waals surface area contributed by atoms with E-state index in [0.29, 0.717) is 16.9 Å². The van der Waals surface area contributed by atoms with Crippen molar-refractivity contribution < 1.29 is 18.0 Å². The summed E-state index contributed by atoms with van der Waals surface area (Å²) in [6.45, 7) is 3.70. The summed E-state index contributed by atoms with van der Waals surface area (Å²) in [4.78, 5) is 25.4. The molecule has 1 atom stereocenters. The van der Waals surface area contributed by atoms with Crippen LogP contribution in [0.1, 0.15) is 44.8 Å². The normalized spacial score (nSPS) is 11.9. The fourth-order valence-corrected chi connectivity index (χ4v) is 5.36. The minimum Gasteiger partial charge on any atom is -0.345 e. The minimum absolute atomic E-state index is 0.0320. The Bertz CT molecular complexity index is 1500. The van der Waals surface area contributed by atoms with E-state index in [2.05, 4.69) is 25.6 Å². The lowest BCUT2D eigenvalue weighted by Crippen LogP contribution is -2.28. The van der Waals surface area contributed by atoms with Crippen molar-refractivity contribution in [2.45, 2.75) is 24.2 Å². The van der Waals surface area contributed by atoms with Crippen LogP contribution in [0.4, 0.5) is 10.8 Å². The van der Waals surface area contributed by atoms with Crippen molar-refractivity contribution >= 4 is 44.0 Å². The smallest absolute Gasteiger partial charge is 0.291 e. The summed E-state index contributed by atoms with van der Waals surface area (Å²) in [5, 5.41) is 13.0. The van der Waals surface area contributed by atoms with Crippen LogP contribution in [0.25, 0.3) is 0 Å². The zero-order chi connectivity index (χ0) is 25.7. The molecule has 3 N–H and O–H groups in total. The number of aromatic nitrogens is 2. The Morgan fingerprint density at radius 2 is 1.61 bits per heavy atom. The summed E-state index contributed by atoms with van der Waals surface area (Å²) in [7, 11) is -4.17. The quantitative estimate of drug-likeness (QED) is 0.295. The van der Waals surface area contributed by atoms with Gasteiger partial charge in [-0.1, -0.05) is 71.5 Å². The number of hydrogen-bond acceptors (Lipinski definition) is 7. The van der Waals surface area contributed by atoms with E-state index >= 15 is 0 Å². The highest BCUT2D eigenvalue weighted by atomic mass is 32.2. The Morgan fingerprint density at radius 1 is 0.889 bits per heavy atom. The molecule has 2 amide bonds. The first-order valence-electron chi connectivity index (χ1n) is 10.9. The Hall–Kier alpha value is -4.09. The van der Waals surface area contributed by atoms with E-state index in [-0.39, 0.29) is 26.8 Å². The summed E-state index contributed by atoms with van der Waals surface area (Å²) in [6.07, 6.45) is 0. The van der Waals surface area contributed by atoms with Crippen molar-refractivity contribution in [3.63, 3.8) is 0 Å². The van der Waals surface area contributed by atoms with E-state index in [1.54, 1.807) is 30.3 Å². The van der Waals surface area contributed by atoms with Crippen molar-refractivity contribution in [2.75, 3.05) is 10.0 Å². The number of hydrogen-bond donors (Lipinski definition) is 3. The van der Waals surface area contributed by atoms with Crippen LogP contribution in [0.2, 0.25) is 0 Å². The average molecular weight is 522 g/mol. The summed E-state index contributed by atoms with van der Waals surface area (Å²) in [5.41, 5.74) is 2.49. The molecule has 11 heteroatoms. The molecule has 9 nitrogen and oxygen atoms in total. The Kier molecular flexibility index (Phi) is 7.41. The Morgan fingerprint density at radius 3 is 2.36 bits per heavy atom. The van der Waals surface area contributed by atoms with Crippen LogP contribution >= 0.6 is 11.3 Å². The number of aryl methyl sites for hydroxylation is 1. The molecule has 1 heterocycles. The highest BCUT2D eigenvalue weighted by Crippen LogP contribution is 2.25. The summed E-state index contributed by atoms with van der Waals surface area (Å²) < 4.78 is 28.0. The van der Waals surface area contributed by atoms with Gasteiger partial charge in [0.15, 0.2) is 0 Å². The molecule has 3 aromatic carbocycles. The van der Waals surface area contributed by atoms with Gasteiger partial charge in [-0.05, 0) is 43.7 Å². The summed E-state index contributed by atoms with van der Waals surface area (Å²) >= 11 is 0.703. The van der Waals surface area contributed by atoms with Gasteiger partial charge in [0, 0.05) is 5.56 Å². The molecule has 0 aliphatic rings. The number of rotatable bonds is 8. The fourth-order valence-electron chi connectivity index (χ4n) is 3.38. The third-order valence-corrected chi connectivity index (χ3v) is 7.77. The maximum atomic E-state index is 13.0. The van der Waals surface area contributed by atoms with E-state index < -0.39 is 21.8 Å². The first-order valence-corrected chi connectivity index (χ1v) is 13.2. The van der Waals surface area contributed by atoms with Gasteiger partial charge in [0.1, 0.15) is 0 Å². The molecule has 0 radical (unpaired) electrons. The molecule has 0 fully saturated rings. The highest BCUT2D eigenvalue weighted by Gasteiger charge is 2.24. The number of amides is 2. The van der Waals surface area contributed by atoms with Crippen LogP contribution in [0, 0.1) is 6.92 Å². The summed E-state index contributed by atoms with van der Waals surface area (Å²) in [5.74, 6) is -0.866. The van der Waals surface area contributed by atoms with Gasteiger partial charge in [-0.2, -0.15) is 8.42 Å². The van der Waals surface area contributed by atoms with Gasteiger partial charge < -0.3 is 5.32 Å². The molecule has 0 spiro atoms. The molecular formula is C25H23N5O4S2. The number of nitrogens with zero attached hydrogens (tertiary/aromatic N) is 2. The molecular weight excluding hydrogens is 498 g/mol. The Balaban J connectivity index is 1.48. The average Bonchev–Trinajstić information content (AvgIpc) is 3.34. The molecule has 0 aliphatic heterocycles. The monoisotopic (exact) mass is 521 g/mol. The van der Waals surface area contributed by atoms with Gasteiger partial charge in [0.05, 0.1) is 17.3 Å². The SMILES string of the molecule is Cc1cccc(C(=O)Nc2nnc(S(=O)(=O)Nc3ccccc3C(=O)NC(C)c3ccccc3)s2)c1. The minimum atomic E-state index is -4.17. The van der Waals surface area contributed by atoms with Gasteiger partial charge >= 0.3 is 0 Å². The zero-order valence-electron chi connectivity index (χ0n) is 19.4. The lowest BCUT2D eigenvalue weighted by molar-refractivity contribution is 0.0940. The van der Waals surface area contributed by atoms with Crippen molar-refractivity contribution in [3.05, 3.63) is 101 Å². The van der Waals surface area contributed by atoms with Crippen molar-refractivity contribution in [1.82, 2.24) is 15.5 Å². The second-order valence-corrected chi connectivity index (χ2v) is 10.8. The van der Waals surface area contributed by atoms with E-state index in [0.717, 1.165) is 11.1 Å². The van der Waals surface area contributed by atoms with Crippen molar-refractivity contribution in [3.8, 4) is 0 Å². The van der Waals surface area contributed by atoms with Gasteiger partial charge in [-0.25, -0.2) is 0 Å². The zero-order valence-corrected chi connectivity index (χ0v) is 21.1. The molecule has 4 rings (SSSR count). The van der Waals surface area contributed by atoms with Crippen molar-refractivity contribution in [1.29, 1.82) is 0 Å². The molecule has 184 valence electrons. The lowest BCUT2D eigenvalue weighted by Gasteiger charge is -2.16. The van der Waals surface area contributed by atoms with Crippen LogP contribution in [0.15, 0.2) is 83.2 Å². The van der Waals surface area contributed by atoms with Crippen molar-refractivity contribution in [2.24, 2.45) is 0 Å². The first-order chi connectivity index (χ1) is 17.2. The maximum Gasteiger partial charge on any atom is 0.291 e. The summed E-state index contributed by atoms with van der Waals surface area (Å²) in [6, 6.07) is 22.4. The van der Waals surface area contributed by atoms with Crippen LogP contribution in [0.5, 0.6) is 0 Å². The fraction of sp³-hybridized carbons (Fsp3) is 0.120. The molecule has 0 saturated carbocycles. The molecule has 0 saturated heterocycles. The Labute approximate surface area is 212 Å². The van der Waals surface area contributed by atoms with Crippen LogP contribution < -0.4 is 15.4 Å². The van der Waals surface area contributed by atoms with Crippen LogP contribution in [-0.2, 0) is 10.0 Å². The number of anilines is 2. The molecule has 4 aromatic rings. The van der Waals surface area contributed by atoms with Gasteiger partial charge in [0.25, 0.3) is 26.2 Å². The van der Waals surface area contributed by atoms with Crippen LogP contribution in [0.3, 0.4) is 0 Å². The maximum absolute atomic E-state index is 13.0. The number of carbonyl (C=O) groups excluding carboxylic acids is 2. The van der Waals surface area contributed by atoms with Crippen LogP contribution in [-0.4, -0.2) is 30.4 Å². The highest BCUT2D eigenvalue weighted by molar-refractivity contribution is 7.94. The molecule has 0 bridgehead atoms. The number of para-hydroxylation sites is 1. The van der Waals surface area contributed by atoms with Gasteiger partial charge in [0.2, 0.25) is 5.13 Å².